The van der Waals surface area contributed by atoms with E-state index in [0.29, 0.717) is 11.3 Å². The Morgan fingerprint density at radius 1 is 1.44 bits per heavy atom. The molecule has 1 unspecified atom stereocenters. The van der Waals surface area contributed by atoms with Crippen molar-refractivity contribution >= 4 is 0 Å². The van der Waals surface area contributed by atoms with Gasteiger partial charge in [-0.05, 0) is 56.1 Å². The number of hydrogen-bond donors (Lipinski definition) is 0. The van der Waals surface area contributed by atoms with E-state index in [0.717, 1.165) is 5.57 Å². The van der Waals surface area contributed by atoms with Gasteiger partial charge >= 0.3 is 0 Å². The first kappa shape index (κ1) is 13.0. The highest BCUT2D eigenvalue weighted by molar-refractivity contribution is 5.36. The van der Waals surface area contributed by atoms with Crippen molar-refractivity contribution in [2.24, 2.45) is 11.3 Å². The molecule has 0 aromatic rings. The predicted octanol–water partition coefficient (Wildman–Crippen LogP) is 4.62. The van der Waals surface area contributed by atoms with Crippen molar-refractivity contribution in [2.45, 2.75) is 53.9 Å². The first-order chi connectivity index (χ1) is 7.36. The van der Waals surface area contributed by atoms with Gasteiger partial charge in [0.15, 0.2) is 0 Å². The van der Waals surface area contributed by atoms with Crippen LogP contribution in [0.15, 0.2) is 22.8 Å². The van der Waals surface area contributed by atoms with Crippen LogP contribution >= 0.6 is 0 Å². The maximum atomic E-state index is 8.90. The lowest BCUT2D eigenvalue weighted by Gasteiger charge is -2.36. The normalized spacial score (nSPS) is 23.2. The second-order valence-corrected chi connectivity index (χ2v) is 5.99. The molecule has 1 aliphatic rings. The molecule has 0 aliphatic heterocycles. The standard InChI is InChI=1S/C15H23N/c1-11(10-16)9-13-12(2)7-6-8-14(13)15(3,4)5/h9,14H,6-8H2,1-5H3/b11-9+. The summed E-state index contributed by atoms with van der Waals surface area (Å²) in [5.41, 5.74) is 4.01. The van der Waals surface area contributed by atoms with E-state index in [4.69, 9.17) is 5.26 Å². The predicted molar refractivity (Wildman–Crippen MR) is 68.9 cm³/mol. The molecule has 1 heteroatoms. The average Bonchev–Trinajstić information content (AvgIpc) is 2.19. The molecule has 0 heterocycles. The second-order valence-electron chi connectivity index (χ2n) is 5.99. The van der Waals surface area contributed by atoms with Crippen molar-refractivity contribution in [3.05, 3.63) is 22.8 Å². The summed E-state index contributed by atoms with van der Waals surface area (Å²) in [6.45, 7) is 11.0. The molecule has 0 saturated carbocycles. The summed E-state index contributed by atoms with van der Waals surface area (Å²) in [6, 6.07) is 2.23. The Balaban J connectivity index is 3.12. The third-order valence-corrected chi connectivity index (χ3v) is 3.51. The largest absolute Gasteiger partial charge is 0.193 e. The molecule has 0 aromatic carbocycles. The van der Waals surface area contributed by atoms with Crippen molar-refractivity contribution in [1.29, 1.82) is 5.26 Å². The van der Waals surface area contributed by atoms with Gasteiger partial charge in [0.2, 0.25) is 0 Å². The van der Waals surface area contributed by atoms with Crippen LogP contribution in [0, 0.1) is 22.7 Å². The second kappa shape index (κ2) is 4.87. The van der Waals surface area contributed by atoms with E-state index in [9.17, 15) is 0 Å². The molecule has 1 rings (SSSR count). The fourth-order valence-electron chi connectivity index (χ4n) is 2.56. The zero-order valence-corrected chi connectivity index (χ0v) is 11.2. The molecule has 0 saturated heterocycles. The monoisotopic (exact) mass is 217 g/mol. The lowest BCUT2D eigenvalue weighted by Crippen LogP contribution is -2.25. The molecule has 1 nitrogen and oxygen atoms in total. The molecule has 0 radical (unpaired) electrons. The van der Waals surface area contributed by atoms with Gasteiger partial charge < -0.3 is 0 Å². The Hall–Kier alpha value is -1.03. The Morgan fingerprint density at radius 3 is 2.56 bits per heavy atom. The van der Waals surface area contributed by atoms with Gasteiger partial charge in [0, 0.05) is 5.57 Å². The summed E-state index contributed by atoms with van der Waals surface area (Å²) in [4.78, 5) is 0. The van der Waals surface area contributed by atoms with Gasteiger partial charge in [-0.3, -0.25) is 0 Å². The van der Waals surface area contributed by atoms with E-state index in [1.54, 1.807) is 0 Å². The SMILES string of the molecule is CC1=C(/C=C(\C)C#N)C(C(C)(C)C)CCC1. The number of nitriles is 1. The molecular formula is C15H23N. The van der Waals surface area contributed by atoms with Gasteiger partial charge in [-0.25, -0.2) is 0 Å². The third kappa shape index (κ3) is 2.98. The molecule has 0 fully saturated rings. The van der Waals surface area contributed by atoms with Crippen LogP contribution in [0.2, 0.25) is 0 Å². The van der Waals surface area contributed by atoms with Gasteiger partial charge in [0.25, 0.3) is 0 Å². The average molecular weight is 217 g/mol. The Labute approximate surface area is 99.9 Å². The lowest BCUT2D eigenvalue weighted by atomic mass is 9.69. The van der Waals surface area contributed by atoms with Gasteiger partial charge in [-0.1, -0.05) is 26.3 Å². The highest BCUT2D eigenvalue weighted by atomic mass is 14.3. The molecule has 0 aromatic heterocycles. The van der Waals surface area contributed by atoms with E-state index >= 15 is 0 Å². The van der Waals surface area contributed by atoms with Gasteiger partial charge in [-0.2, -0.15) is 5.26 Å². The third-order valence-electron chi connectivity index (χ3n) is 3.51. The molecule has 0 bridgehead atoms. The van der Waals surface area contributed by atoms with Crippen LogP contribution in [-0.4, -0.2) is 0 Å². The quantitative estimate of drug-likeness (QED) is 0.588. The zero-order chi connectivity index (χ0) is 12.3. The molecule has 1 atom stereocenters. The fraction of sp³-hybridized carbons (Fsp3) is 0.667. The summed E-state index contributed by atoms with van der Waals surface area (Å²) in [6.07, 6.45) is 5.84. The Morgan fingerprint density at radius 2 is 2.06 bits per heavy atom. The van der Waals surface area contributed by atoms with Crippen LogP contribution in [0.3, 0.4) is 0 Å². The van der Waals surface area contributed by atoms with E-state index in [1.807, 2.05) is 6.92 Å². The van der Waals surface area contributed by atoms with Crippen LogP contribution in [0.4, 0.5) is 0 Å². The Kier molecular flexibility index (Phi) is 3.97. The molecule has 1 aliphatic carbocycles. The number of rotatable bonds is 1. The van der Waals surface area contributed by atoms with Crippen LogP contribution in [0.25, 0.3) is 0 Å². The highest BCUT2D eigenvalue weighted by Gasteiger charge is 2.30. The van der Waals surface area contributed by atoms with E-state index in [1.165, 1.54) is 30.4 Å². The maximum absolute atomic E-state index is 8.90. The minimum Gasteiger partial charge on any atom is -0.193 e. The van der Waals surface area contributed by atoms with Crippen molar-refractivity contribution in [2.75, 3.05) is 0 Å². The van der Waals surface area contributed by atoms with E-state index in [2.05, 4.69) is 39.8 Å². The molecule has 0 spiro atoms. The topological polar surface area (TPSA) is 23.8 Å². The molecule has 88 valence electrons. The zero-order valence-electron chi connectivity index (χ0n) is 11.2. The summed E-state index contributed by atoms with van der Waals surface area (Å²) in [5.74, 6) is 0.601. The van der Waals surface area contributed by atoms with Gasteiger partial charge in [-0.15, -0.1) is 0 Å². The lowest BCUT2D eigenvalue weighted by molar-refractivity contribution is 0.253. The summed E-state index contributed by atoms with van der Waals surface area (Å²) < 4.78 is 0. The van der Waals surface area contributed by atoms with Crippen molar-refractivity contribution in [3.63, 3.8) is 0 Å². The number of nitrogens with zero attached hydrogens (tertiary/aromatic N) is 1. The summed E-state index contributed by atoms with van der Waals surface area (Å²) in [7, 11) is 0. The van der Waals surface area contributed by atoms with Crippen LogP contribution < -0.4 is 0 Å². The van der Waals surface area contributed by atoms with Crippen molar-refractivity contribution in [3.8, 4) is 6.07 Å². The molecule has 0 N–H and O–H groups in total. The first-order valence-electron chi connectivity index (χ1n) is 6.14. The maximum Gasteiger partial charge on any atom is 0.0944 e. The van der Waals surface area contributed by atoms with Crippen molar-refractivity contribution in [1.82, 2.24) is 0 Å². The number of allylic oxidation sites excluding steroid dienone is 4. The van der Waals surface area contributed by atoms with Gasteiger partial charge in [0.1, 0.15) is 0 Å². The number of hydrogen-bond acceptors (Lipinski definition) is 1. The highest BCUT2D eigenvalue weighted by Crippen LogP contribution is 2.42. The first-order valence-corrected chi connectivity index (χ1v) is 6.14. The Bertz CT molecular complexity index is 358. The minimum absolute atomic E-state index is 0.295. The fourth-order valence-corrected chi connectivity index (χ4v) is 2.56. The smallest absolute Gasteiger partial charge is 0.0944 e. The molecule has 16 heavy (non-hydrogen) atoms. The van der Waals surface area contributed by atoms with Crippen LogP contribution in [-0.2, 0) is 0 Å². The summed E-state index contributed by atoms with van der Waals surface area (Å²) >= 11 is 0. The van der Waals surface area contributed by atoms with Crippen molar-refractivity contribution < 1.29 is 0 Å². The van der Waals surface area contributed by atoms with Crippen LogP contribution in [0.5, 0.6) is 0 Å². The molecule has 0 amide bonds. The molecular weight excluding hydrogens is 194 g/mol. The minimum atomic E-state index is 0.295. The van der Waals surface area contributed by atoms with Crippen LogP contribution in [0.1, 0.15) is 53.9 Å². The summed E-state index contributed by atoms with van der Waals surface area (Å²) in [5, 5.41) is 8.90. The van der Waals surface area contributed by atoms with E-state index < -0.39 is 0 Å². The van der Waals surface area contributed by atoms with Gasteiger partial charge in [0.05, 0.1) is 6.07 Å². The van der Waals surface area contributed by atoms with E-state index in [-0.39, 0.29) is 0 Å².